The first-order chi connectivity index (χ1) is 10.2. The first kappa shape index (κ1) is 13.6. The van der Waals surface area contributed by atoms with Crippen LogP contribution in [0, 0.1) is 11.3 Å². The van der Waals surface area contributed by atoms with Crippen molar-refractivity contribution in [3.05, 3.63) is 46.2 Å². The van der Waals surface area contributed by atoms with Gasteiger partial charge in [-0.3, -0.25) is 0 Å². The lowest BCUT2D eigenvalue weighted by Gasteiger charge is -2.03. The number of hydrogen-bond acceptors (Lipinski definition) is 4. The summed E-state index contributed by atoms with van der Waals surface area (Å²) in [7, 11) is 0. The molecule has 3 aromatic rings. The predicted octanol–water partition coefficient (Wildman–Crippen LogP) is 3.18. The van der Waals surface area contributed by atoms with E-state index in [0.717, 1.165) is 27.7 Å². The zero-order valence-electron chi connectivity index (χ0n) is 11.3. The van der Waals surface area contributed by atoms with E-state index in [1.165, 1.54) is 6.20 Å². The second kappa shape index (κ2) is 5.19. The van der Waals surface area contributed by atoms with Crippen molar-refractivity contribution in [3.8, 4) is 17.2 Å². The number of fused-ring (bicyclic) bond motifs is 1. The highest BCUT2D eigenvalue weighted by atomic mass is 79.9. The molecule has 0 radical (unpaired) electrons. The molecule has 21 heavy (non-hydrogen) atoms. The maximum absolute atomic E-state index is 9.04. The minimum atomic E-state index is 0.320. The Morgan fingerprint density at radius 2 is 2.05 bits per heavy atom. The van der Waals surface area contributed by atoms with Gasteiger partial charge in [-0.05, 0) is 24.1 Å². The first-order valence-electron chi connectivity index (χ1n) is 6.47. The summed E-state index contributed by atoms with van der Waals surface area (Å²) in [6, 6.07) is 10.0. The Hall–Kier alpha value is -2.39. The van der Waals surface area contributed by atoms with Crippen molar-refractivity contribution in [2.75, 3.05) is 5.73 Å². The van der Waals surface area contributed by atoms with Crippen molar-refractivity contribution in [1.82, 2.24) is 14.6 Å². The summed E-state index contributed by atoms with van der Waals surface area (Å²) in [6.07, 6.45) is 2.25. The van der Waals surface area contributed by atoms with Crippen LogP contribution in [0.3, 0.4) is 0 Å². The summed E-state index contributed by atoms with van der Waals surface area (Å²) in [4.78, 5) is 4.37. The van der Waals surface area contributed by atoms with E-state index in [-0.39, 0.29) is 0 Å². The number of nitrogens with two attached hydrogens (primary N) is 1. The molecule has 0 amide bonds. The zero-order valence-corrected chi connectivity index (χ0v) is 12.9. The lowest BCUT2D eigenvalue weighted by Crippen LogP contribution is -2.03. The quantitative estimate of drug-likeness (QED) is 0.776. The van der Waals surface area contributed by atoms with Crippen molar-refractivity contribution >= 4 is 27.4 Å². The highest BCUT2D eigenvalue weighted by Crippen LogP contribution is 2.30. The second-order valence-electron chi connectivity index (χ2n) is 4.59. The maximum Gasteiger partial charge on any atom is 0.165 e. The number of halogens is 1. The molecule has 3 rings (SSSR count). The third-order valence-electron chi connectivity index (χ3n) is 3.34. The maximum atomic E-state index is 9.04. The molecule has 0 aliphatic rings. The van der Waals surface area contributed by atoms with Crippen LogP contribution in [0.4, 0.5) is 5.82 Å². The van der Waals surface area contributed by atoms with E-state index in [0.29, 0.717) is 17.0 Å². The van der Waals surface area contributed by atoms with Gasteiger partial charge in [-0.15, -0.1) is 0 Å². The molecule has 0 spiro atoms. The lowest BCUT2D eigenvalue weighted by molar-refractivity contribution is 0.894. The van der Waals surface area contributed by atoms with Gasteiger partial charge in [0.2, 0.25) is 0 Å². The number of aryl methyl sites for hydroxylation is 1. The molecule has 0 fully saturated rings. The molecule has 2 N–H and O–H groups in total. The van der Waals surface area contributed by atoms with Crippen LogP contribution in [-0.4, -0.2) is 14.6 Å². The van der Waals surface area contributed by atoms with Crippen molar-refractivity contribution in [2.24, 2.45) is 0 Å². The molecular formula is C15H12BrN5. The Balaban J connectivity index is 2.34. The highest BCUT2D eigenvalue weighted by Gasteiger charge is 2.17. The van der Waals surface area contributed by atoms with Gasteiger partial charge in [0.25, 0.3) is 0 Å². The van der Waals surface area contributed by atoms with E-state index >= 15 is 0 Å². The average Bonchev–Trinajstić information content (AvgIpc) is 2.88. The Kier molecular flexibility index (Phi) is 3.35. The van der Waals surface area contributed by atoms with E-state index in [9.17, 15) is 0 Å². The Morgan fingerprint density at radius 3 is 2.67 bits per heavy atom. The number of rotatable bonds is 2. The Labute approximate surface area is 130 Å². The third kappa shape index (κ3) is 2.16. The summed E-state index contributed by atoms with van der Waals surface area (Å²) >= 11 is 3.43. The number of aromatic nitrogens is 3. The lowest BCUT2D eigenvalue weighted by atomic mass is 10.0. The molecular weight excluding hydrogens is 330 g/mol. The molecule has 5 nitrogen and oxygen atoms in total. The standard InChI is InChI=1S/C15H12BrN5/c1-2-12-13(9-3-5-11(16)6-4-9)15-19-8-10(7-17)14(18)21(15)20-12/h3-6,8H,2,18H2,1H3. The van der Waals surface area contributed by atoms with Crippen molar-refractivity contribution < 1.29 is 0 Å². The number of nitriles is 1. The van der Waals surface area contributed by atoms with Crippen molar-refractivity contribution in [2.45, 2.75) is 13.3 Å². The summed E-state index contributed by atoms with van der Waals surface area (Å²) < 4.78 is 2.56. The van der Waals surface area contributed by atoms with E-state index in [2.05, 4.69) is 26.0 Å². The topological polar surface area (TPSA) is 80.0 Å². The molecule has 1 aromatic carbocycles. The molecule has 0 atom stereocenters. The number of hydrogen-bond donors (Lipinski definition) is 1. The molecule has 104 valence electrons. The van der Waals surface area contributed by atoms with Gasteiger partial charge < -0.3 is 5.73 Å². The largest absolute Gasteiger partial charge is 0.382 e. The molecule has 0 aliphatic heterocycles. The minimum Gasteiger partial charge on any atom is -0.382 e. The molecule has 0 saturated carbocycles. The van der Waals surface area contributed by atoms with Crippen LogP contribution >= 0.6 is 15.9 Å². The van der Waals surface area contributed by atoms with Crippen LogP contribution in [0.15, 0.2) is 34.9 Å². The number of benzene rings is 1. The number of nitrogens with zero attached hydrogens (tertiary/aromatic N) is 4. The van der Waals surface area contributed by atoms with Gasteiger partial charge in [0.05, 0.1) is 11.9 Å². The number of nitrogen functional groups attached to an aromatic ring is 1. The second-order valence-corrected chi connectivity index (χ2v) is 5.50. The molecule has 0 aliphatic carbocycles. The summed E-state index contributed by atoms with van der Waals surface area (Å²) in [5.74, 6) is 0.320. The fourth-order valence-corrected chi connectivity index (χ4v) is 2.56. The van der Waals surface area contributed by atoms with Crippen molar-refractivity contribution in [1.29, 1.82) is 5.26 Å². The summed E-state index contributed by atoms with van der Waals surface area (Å²) in [6.45, 7) is 2.03. The molecule has 0 saturated heterocycles. The van der Waals surface area contributed by atoms with E-state index in [4.69, 9.17) is 11.0 Å². The van der Waals surface area contributed by atoms with Crippen LogP contribution in [0.1, 0.15) is 18.2 Å². The average molecular weight is 342 g/mol. The summed E-state index contributed by atoms with van der Waals surface area (Å²) in [5, 5.41) is 13.5. The highest BCUT2D eigenvalue weighted by molar-refractivity contribution is 9.10. The van der Waals surface area contributed by atoms with Crippen molar-refractivity contribution in [3.63, 3.8) is 0 Å². The molecule has 0 bridgehead atoms. The van der Waals surface area contributed by atoms with E-state index < -0.39 is 0 Å². The van der Waals surface area contributed by atoms with Crippen LogP contribution in [-0.2, 0) is 6.42 Å². The van der Waals surface area contributed by atoms with Crippen LogP contribution in [0.2, 0.25) is 0 Å². The van der Waals surface area contributed by atoms with E-state index in [1.54, 1.807) is 4.52 Å². The fraction of sp³-hybridized carbons (Fsp3) is 0.133. The van der Waals surface area contributed by atoms with Gasteiger partial charge >= 0.3 is 0 Å². The van der Waals surface area contributed by atoms with Gasteiger partial charge in [-0.2, -0.15) is 14.9 Å². The van der Waals surface area contributed by atoms with Crippen LogP contribution < -0.4 is 5.73 Å². The third-order valence-corrected chi connectivity index (χ3v) is 3.87. The smallest absolute Gasteiger partial charge is 0.165 e. The van der Waals surface area contributed by atoms with Gasteiger partial charge in [-0.1, -0.05) is 35.0 Å². The zero-order chi connectivity index (χ0) is 15.0. The molecule has 6 heteroatoms. The Morgan fingerprint density at radius 1 is 1.33 bits per heavy atom. The minimum absolute atomic E-state index is 0.320. The number of anilines is 1. The fourth-order valence-electron chi connectivity index (χ4n) is 2.29. The monoisotopic (exact) mass is 341 g/mol. The normalized spacial score (nSPS) is 10.7. The first-order valence-corrected chi connectivity index (χ1v) is 7.27. The van der Waals surface area contributed by atoms with Gasteiger partial charge in [0.15, 0.2) is 5.65 Å². The molecule has 2 heterocycles. The van der Waals surface area contributed by atoms with E-state index in [1.807, 2.05) is 37.3 Å². The van der Waals surface area contributed by atoms with Gasteiger partial charge in [0.1, 0.15) is 17.5 Å². The molecule has 0 unspecified atom stereocenters. The predicted molar refractivity (Wildman–Crippen MR) is 84.6 cm³/mol. The summed E-state index contributed by atoms with van der Waals surface area (Å²) in [5.41, 5.74) is 9.90. The molecule has 2 aromatic heterocycles. The Bertz CT molecular complexity index is 858. The van der Waals surface area contributed by atoms with Crippen LogP contribution in [0.5, 0.6) is 0 Å². The van der Waals surface area contributed by atoms with Gasteiger partial charge in [-0.25, -0.2) is 4.98 Å². The van der Waals surface area contributed by atoms with Gasteiger partial charge in [0, 0.05) is 10.0 Å². The SMILES string of the molecule is CCc1nn2c(N)c(C#N)cnc2c1-c1ccc(Br)cc1. The van der Waals surface area contributed by atoms with Crippen LogP contribution in [0.25, 0.3) is 16.8 Å².